The Morgan fingerprint density at radius 3 is 2.62 bits per heavy atom. The third-order valence-electron chi connectivity index (χ3n) is 4.18. The fourth-order valence-electron chi connectivity index (χ4n) is 2.71. The van der Waals surface area contributed by atoms with Crippen molar-refractivity contribution in [3.63, 3.8) is 0 Å². The van der Waals surface area contributed by atoms with E-state index >= 15 is 0 Å². The summed E-state index contributed by atoms with van der Waals surface area (Å²) in [6, 6.07) is 4.92. The van der Waals surface area contributed by atoms with Crippen LogP contribution < -0.4 is 5.32 Å². The van der Waals surface area contributed by atoms with E-state index in [2.05, 4.69) is 5.32 Å². The molecular weight excluding hydrogens is 309 g/mol. The summed E-state index contributed by atoms with van der Waals surface area (Å²) in [5, 5.41) is 2.87. The second kappa shape index (κ2) is 7.90. The zero-order chi connectivity index (χ0) is 17.7. The summed E-state index contributed by atoms with van der Waals surface area (Å²) in [5.41, 5.74) is 2.33. The van der Waals surface area contributed by atoms with Crippen LogP contribution in [0.3, 0.4) is 0 Å². The normalized spacial score (nSPS) is 17.3. The average Bonchev–Trinajstić information content (AvgIpc) is 2.94. The van der Waals surface area contributed by atoms with Gasteiger partial charge in [0, 0.05) is 19.0 Å². The van der Waals surface area contributed by atoms with Crippen LogP contribution in [-0.2, 0) is 14.3 Å². The lowest BCUT2D eigenvalue weighted by Gasteiger charge is -2.22. The largest absolute Gasteiger partial charge is 0.352 e. The molecule has 1 aromatic rings. The zero-order valence-electron chi connectivity index (χ0n) is 14.8. The van der Waals surface area contributed by atoms with Gasteiger partial charge in [-0.1, -0.05) is 19.9 Å². The van der Waals surface area contributed by atoms with Gasteiger partial charge in [0.15, 0.2) is 5.79 Å². The molecule has 0 bridgehead atoms. The number of rotatable bonds is 6. The first-order valence-electron chi connectivity index (χ1n) is 8.34. The molecule has 132 valence electrons. The molecule has 1 fully saturated rings. The molecule has 1 N–H and O–H groups in total. The molecule has 1 aliphatic rings. The Balaban J connectivity index is 2.01. The molecule has 0 unspecified atom stereocenters. The van der Waals surface area contributed by atoms with Crippen LogP contribution in [0.4, 0.5) is 4.39 Å². The smallest absolute Gasteiger partial charge is 0.244 e. The molecule has 0 spiro atoms. The highest BCUT2D eigenvalue weighted by atomic mass is 19.1. The van der Waals surface area contributed by atoms with Crippen molar-refractivity contribution in [1.82, 2.24) is 5.32 Å². The quantitative estimate of drug-likeness (QED) is 0.810. The summed E-state index contributed by atoms with van der Waals surface area (Å²) in [4.78, 5) is 12.2. The molecule has 1 saturated heterocycles. The Morgan fingerprint density at radius 1 is 1.38 bits per heavy atom. The maximum Gasteiger partial charge on any atom is 0.244 e. The van der Waals surface area contributed by atoms with E-state index in [9.17, 15) is 9.18 Å². The van der Waals surface area contributed by atoms with Gasteiger partial charge in [0.05, 0.1) is 13.2 Å². The molecule has 1 amide bonds. The first-order valence-corrected chi connectivity index (χ1v) is 8.34. The summed E-state index contributed by atoms with van der Waals surface area (Å²) in [5.74, 6) is -0.857. The molecular formula is C19H26FNO3. The van der Waals surface area contributed by atoms with Gasteiger partial charge in [-0.05, 0) is 48.6 Å². The topological polar surface area (TPSA) is 47.6 Å². The maximum absolute atomic E-state index is 13.5. The lowest BCUT2D eigenvalue weighted by molar-refractivity contribution is -0.146. The Kier molecular flexibility index (Phi) is 6.13. The molecule has 4 nitrogen and oxygen atoms in total. The molecule has 0 atom stereocenters. The number of carbonyl (C=O) groups excluding carboxylic acids is 1. The summed E-state index contributed by atoms with van der Waals surface area (Å²) >= 11 is 0. The Morgan fingerprint density at radius 2 is 2.04 bits per heavy atom. The fourth-order valence-corrected chi connectivity index (χ4v) is 2.71. The molecule has 5 heteroatoms. The average molecular weight is 335 g/mol. The number of halogens is 1. The van der Waals surface area contributed by atoms with Gasteiger partial charge in [0.1, 0.15) is 5.82 Å². The number of carbonyl (C=O) groups is 1. The van der Waals surface area contributed by atoms with E-state index in [1.54, 1.807) is 25.1 Å². The standard InChI is InChI=1S/C19H26FNO3/c1-13(2)16(15-5-6-17(20)14(3)11-15)12-18(22)21-8-7-19(4)23-9-10-24-19/h5-6,11-13H,7-10H2,1-4H3,(H,21,22)/b16-12+. The van der Waals surface area contributed by atoms with Gasteiger partial charge >= 0.3 is 0 Å². The third-order valence-corrected chi connectivity index (χ3v) is 4.18. The first kappa shape index (κ1) is 18.6. The molecule has 1 aliphatic heterocycles. The minimum atomic E-state index is -0.605. The molecule has 0 aromatic heterocycles. The van der Waals surface area contributed by atoms with Crippen molar-refractivity contribution >= 4 is 11.5 Å². The number of hydrogen-bond donors (Lipinski definition) is 1. The van der Waals surface area contributed by atoms with Crippen molar-refractivity contribution in [3.05, 3.63) is 41.2 Å². The van der Waals surface area contributed by atoms with Crippen molar-refractivity contribution in [3.8, 4) is 0 Å². The SMILES string of the molecule is Cc1cc(/C(=C/C(=O)NCCC2(C)OCCO2)C(C)C)ccc1F. The Bertz CT molecular complexity index is 619. The van der Waals surface area contributed by atoms with Crippen LogP contribution in [0.25, 0.3) is 5.57 Å². The van der Waals surface area contributed by atoms with Gasteiger partial charge in [-0.3, -0.25) is 4.79 Å². The predicted octanol–water partition coefficient (Wildman–Crippen LogP) is 3.44. The highest BCUT2D eigenvalue weighted by Crippen LogP contribution is 2.25. The zero-order valence-corrected chi connectivity index (χ0v) is 14.8. The van der Waals surface area contributed by atoms with Crippen LogP contribution >= 0.6 is 0 Å². The van der Waals surface area contributed by atoms with Crippen molar-refractivity contribution < 1.29 is 18.7 Å². The first-order chi connectivity index (χ1) is 11.3. The number of nitrogens with one attached hydrogen (secondary N) is 1. The van der Waals surface area contributed by atoms with Crippen LogP contribution in [0.2, 0.25) is 0 Å². The van der Waals surface area contributed by atoms with Gasteiger partial charge < -0.3 is 14.8 Å². The minimum absolute atomic E-state index is 0.152. The van der Waals surface area contributed by atoms with Crippen LogP contribution in [0.15, 0.2) is 24.3 Å². The minimum Gasteiger partial charge on any atom is -0.352 e. The van der Waals surface area contributed by atoms with E-state index in [4.69, 9.17) is 9.47 Å². The van der Waals surface area contributed by atoms with E-state index in [1.165, 1.54) is 6.07 Å². The van der Waals surface area contributed by atoms with Crippen LogP contribution in [0.1, 0.15) is 38.3 Å². The number of amides is 1. The summed E-state index contributed by atoms with van der Waals surface area (Å²) < 4.78 is 24.5. The molecule has 0 radical (unpaired) electrons. The maximum atomic E-state index is 13.5. The third kappa shape index (κ3) is 4.89. The van der Waals surface area contributed by atoms with Crippen LogP contribution in [-0.4, -0.2) is 31.5 Å². The lowest BCUT2D eigenvalue weighted by Crippen LogP contribution is -2.33. The summed E-state index contributed by atoms with van der Waals surface area (Å²) in [7, 11) is 0. The fraction of sp³-hybridized carbons (Fsp3) is 0.526. The number of ether oxygens (including phenoxy) is 2. The van der Waals surface area contributed by atoms with E-state index in [-0.39, 0.29) is 17.6 Å². The molecule has 1 aromatic carbocycles. The van der Waals surface area contributed by atoms with Crippen molar-refractivity contribution in [1.29, 1.82) is 0 Å². The lowest BCUT2D eigenvalue weighted by atomic mass is 9.93. The van der Waals surface area contributed by atoms with Gasteiger partial charge in [-0.15, -0.1) is 0 Å². The van der Waals surface area contributed by atoms with E-state index in [0.717, 1.165) is 11.1 Å². The number of hydrogen-bond acceptors (Lipinski definition) is 3. The number of allylic oxidation sites excluding steroid dienone is 1. The second-order valence-electron chi connectivity index (χ2n) is 6.59. The molecule has 0 saturated carbocycles. The number of aryl methyl sites for hydroxylation is 1. The predicted molar refractivity (Wildman–Crippen MR) is 91.9 cm³/mol. The Labute approximate surface area is 143 Å². The van der Waals surface area contributed by atoms with Gasteiger partial charge in [-0.2, -0.15) is 0 Å². The number of benzene rings is 1. The van der Waals surface area contributed by atoms with E-state index < -0.39 is 5.79 Å². The summed E-state index contributed by atoms with van der Waals surface area (Å²) in [6.07, 6.45) is 2.19. The molecule has 1 heterocycles. The Hall–Kier alpha value is -1.72. The van der Waals surface area contributed by atoms with Gasteiger partial charge in [0.2, 0.25) is 5.91 Å². The highest BCUT2D eigenvalue weighted by Gasteiger charge is 2.30. The van der Waals surface area contributed by atoms with Crippen molar-refractivity contribution in [2.75, 3.05) is 19.8 Å². The van der Waals surface area contributed by atoms with Gasteiger partial charge in [0.25, 0.3) is 0 Å². The molecule has 24 heavy (non-hydrogen) atoms. The van der Waals surface area contributed by atoms with Crippen LogP contribution in [0, 0.1) is 18.7 Å². The summed E-state index contributed by atoms with van der Waals surface area (Å²) in [6.45, 7) is 9.28. The van der Waals surface area contributed by atoms with Gasteiger partial charge in [-0.25, -0.2) is 4.39 Å². The van der Waals surface area contributed by atoms with Crippen molar-refractivity contribution in [2.24, 2.45) is 5.92 Å². The highest BCUT2D eigenvalue weighted by molar-refractivity contribution is 5.95. The van der Waals surface area contributed by atoms with Crippen LogP contribution in [0.5, 0.6) is 0 Å². The van der Waals surface area contributed by atoms with E-state index in [1.807, 2.05) is 20.8 Å². The van der Waals surface area contributed by atoms with E-state index in [0.29, 0.717) is 31.7 Å². The monoisotopic (exact) mass is 335 g/mol. The second-order valence-corrected chi connectivity index (χ2v) is 6.59. The molecule has 2 rings (SSSR count). The van der Waals surface area contributed by atoms with Crippen molar-refractivity contribution in [2.45, 2.75) is 39.9 Å². The molecule has 0 aliphatic carbocycles.